The summed E-state index contributed by atoms with van der Waals surface area (Å²) in [5.41, 5.74) is 0. The second-order valence-corrected chi connectivity index (χ2v) is 1.96. The van der Waals surface area contributed by atoms with Gasteiger partial charge in [-0.15, -0.1) is 0 Å². The van der Waals surface area contributed by atoms with Crippen LogP contribution >= 0.6 is 0 Å². The van der Waals surface area contributed by atoms with Crippen LogP contribution in [0.1, 0.15) is 20.3 Å². The summed E-state index contributed by atoms with van der Waals surface area (Å²) in [6.45, 7) is 3.23. The molecular formula is C6H10N2O. The van der Waals surface area contributed by atoms with Gasteiger partial charge in [0.15, 0.2) is 0 Å². The van der Waals surface area contributed by atoms with Gasteiger partial charge >= 0.3 is 0 Å². The molecule has 0 saturated carbocycles. The molecule has 0 aromatic carbocycles. The van der Waals surface area contributed by atoms with Gasteiger partial charge in [-0.3, -0.25) is 4.79 Å². The van der Waals surface area contributed by atoms with Gasteiger partial charge in [-0.1, -0.05) is 0 Å². The number of carbonyl (C=O) groups is 1. The Hall–Kier alpha value is -1.04. The normalized spacial score (nSPS) is 11.7. The topological polar surface area (TPSA) is 52.9 Å². The summed E-state index contributed by atoms with van der Waals surface area (Å²) in [5.74, 6) is -0.0854. The van der Waals surface area contributed by atoms with Crippen LogP contribution in [-0.4, -0.2) is 11.9 Å². The number of rotatable bonds is 2. The summed E-state index contributed by atoms with van der Waals surface area (Å²) in [6, 6.07) is 1.94. The molecule has 50 valence electrons. The fourth-order valence-corrected chi connectivity index (χ4v) is 0.535. The molecule has 0 fully saturated rings. The summed E-state index contributed by atoms with van der Waals surface area (Å²) in [7, 11) is 0. The third kappa shape index (κ3) is 4.82. The SMILES string of the molecule is CC(=O)NC(C)CC#N. The van der Waals surface area contributed by atoms with Crippen LogP contribution < -0.4 is 5.32 Å². The highest BCUT2D eigenvalue weighted by Crippen LogP contribution is 1.85. The summed E-state index contributed by atoms with van der Waals surface area (Å²) in [4.78, 5) is 10.3. The van der Waals surface area contributed by atoms with E-state index in [0.29, 0.717) is 6.42 Å². The molecule has 0 heterocycles. The zero-order valence-electron chi connectivity index (χ0n) is 5.64. The maximum atomic E-state index is 10.3. The van der Waals surface area contributed by atoms with Crippen LogP contribution in [0.3, 0.4) is 0 Å². The average molecular weight is 126 g/mol. The van der Waals surface area contributed by atoms with E-state index in [4.69, 9.17) is 5.26 Å². The van der Waals surface area contributed by atoms with Crippen LogP contribution in [0.4, 0.5) is 0 Å². The van der Waals surface area contributed by atoms with Crippen molar-refractivity contribution < 1.29 is 4.79 Å². The lowest BCUT2D eigenvalue weighted by atomic mass is 10.2. The standard InChI is InChI=1S/C6H10N2O/c1-5(3-4-7)8-6(2)9/h5H,3H2,1-2H3,(H,8,9). The first-order valence-electron chi connectivity index (χ1n) is 2.81. The smallest absolute Gasteiger partial charge is 0.217 e. The minimum absolute atomic E-state index is 0.0208. The van der Waals surface area contributed by atoms with Crippen molar-refractivity contribution in [2.24, 2.45) is 0 Å². The molecule has 0 saturated heterocycles. The Bertz CT molecular complexity index is 136. The molecule has 3 heteroatoms. The van der Waals surface area contributed by atoms with Crippen molar-refractivity contribution in [3.8, 4) is 6.07 Å². The fourth-order valence-electron chi connectivity index (χ4n) is 0.535. The largest absolute Gasteiger partial charge is 0.353 e. The molecule has 0 aliphatic heterocycles. The number of carbonyl (C=O) groups excluding carboxylic acids is 1. The fraction of sp³-hybridized carbons (Fsp3) is 0.667. The van der Waals surface area contributed by atoms with E-state index in [9.17, 15) is 4.79 Å². The number of hydrogen-bond acceptors (Lipinski definition) is 2. The monoisotopic (exact) mass is 126 g/mol. The quantitative estimate of drug-likeness (QED) is 0.583. The second kappa shape index (κ2) is 3.90. The molecule has 0 aromatic rings. The lowest BCUT2D eigenvalue weighted by Crippen LogP contribution is -2.29. The number of hydrogen-bond donors (Lipinski definition) is 1. The van der Waals surface area contributed by atoms with Gasteiger partial charge < -0.3 is 5.32 Å². The Morgan fingerprint density at radius 1 is 1.89 bits per heavy atom. The van der Waals surface area contributed by atoms with Crippen LogP contribution in [-0.2, 0) is 4.79 Å². The van der Waals surface area contributed by atoms with E-state index < -0.39 is 0 Å². The Morgan fingerprint density at radius 3 is 2.78 bits per heavy atom. The van der Waals surface area contributed by atoms with Crippen LogP contribution in [0, 0.1) is 11.3 Å². The number of amides is 1. The van der Waals surface area contributed by atoms with E-state index in [1.807, 2.05) is 6.07 Å². The van der Waals surface area contributed by atoms with Crippen molar-refractivity contribution in [3.05, 3.63) is 0 Å². The van der Waals surface area contributed by atoms with Gasteiger partial charge in [0.05, 0.1) is 12.5 Å². The minimum atomic E-state index is -0.0854. The van der Waals surface area contributed by atoms with Gasteiger partial charge in [0.25, 0.3) is 0 Å². The van der Waals surface area contributed by atoms with Crippen molar-refractivity contribution in [2.45, 2.75) is 26.3 Å². The molecule has 0 bridgehead atoms. The van der Waals surface area contributed by atoms with Crippen LogP contribution in [0.25, 0.3) is 0 Å². The summed E-state index contributed by atoms with van der Waals surface area (Å²) < 4.78 is 0. The first-order chi connectivity index (χ1) is 4.16. The Kier molecular flexibility index (Phi) is 3.45. The summed E-state index contributed by atoms with van der Waals surface area (Å²) in [5, 5.41) is 10.7. The average Bonchev–Trinajstić information content (AvgIpc) is 1.63. The molecule has 0 aromatic heterocycles. The maximum Gasteiger partial charge on any atom is 0.217 e. The number of nitriles is 1. The van der Waals surface area contributed by atoms with Gasteiger partial charge in [-0.05, 0) is 6.92 Å². The minimum Gasteiger partial charge on any atom is -0.353 e. The van der Waals surface area contributed by atoms with E-state index in [-0.39, 0.29) is 11.9 Å². The third-order valence-electron chi connectivity index (χ3n) is 0.847. The molecule has 1 N–H and O–H groups in total. The molecule has 0 spiro atoms. The highest BCUT2D eigenvalue weighted by Gasteiger charge is 1.99. The predicted molar refractivity (Wildman–Crippen MR) is 33.5 cm³/mol. The molecule has 1 atom stereocenters. The molecule has 0 aliphatic rings. The van der Waals surface area contributed by atoms with Gasteiger partial charge in [-0.25, -0.2) is 0 Å². The molecule has 1 amide bonds. The van der Waals surface area contributed by atoms with Crippen molar-refractivity contribution in [1.82, 2.24) is 5.32 Å². The molecule has 0 aliphatic carbocycles. The molecule has 1 unspecified atom stereocenters. The molecule has 0 radical (unpaired) electrons. The Balaban J connectivity index is 3.40. The van der Waals surface area contributed by atoms with Crippen LogP contribution in [0.15, 0.2) is 0 Å². The lowest BCUT2D eigenvalue weighted by Gasteiger charge is -2.05. The van der Waals surface area contributed by atoms with Gasteiger partial charge in [0, 0.05) is 13.0 Å². The van der Waals surface area contributed by atoms with Gasteiger partial charge in [0.2, 0.25) is 5.91 Å². The van der Waals surface area contributed by atoms with Crippen molar-refractivity contribution >= 4 is 5.91 Å². The van der Waals surface area contributed by atoms with Crippen molar-refractivity contribution in [1.29, 1.82) is 5.26 Å². The van der Waals surface area contributed by atoms with E-state index in [1.165, 1.54) is 6.92 Å². The summed E-state index contributed by atoms with van der Waals surface area (Å²) >= 11 is 0. The number of nitrogens with one attached hydrogen (secondary N) is 1. The van der Waals surface area contributed by atoms with Crippen LogP contribution in [0.2, 0.25) is 0 Å². The lowest BCUT2D eigenvalue weighted by molar-refractivity contribution is -0.119. The third-order valence-corrected chi connectivity index (χ3v) is 0.847. The zero-order chi connectivity index (χ0) is 7.28. The Labute approximate surface area is 54.7 Å². The van der Waals surface area contributed by atoms with Crippen molar-refractivity contribution in [3.63, 3.8) is 0 Å². The van der Waals surface area contributed by atoms with Crippen molar-refractivity contribution in [2.75, 3.05) is 0 Å². The van der Waals surface area contributed by atoms with Crippen LogP contribution in [0.5, 0.6) is 0 Å². The highest BCUT2D eigenvalue weighted by molar-refractivity contribution is 5.73. The highest BCUT2D eigenvalue weighted by atomic mass is 16.1. The second-order valence-electron chi connectivity index (χ2n) is 1.96. The Morgan fingerprint density at radius 2 is 2.44 bits per heavy atom. The van der Waals surface area contributed by atoms with E-state index in [0.717, 1.165) is 0 Å². The zero-order valence-corrected chi connectivity index (χ0v) is 5.64. The first kappa shape index (κ1) is 7.96. The summed E-state index contributed by atoms with van der Waals surface area (Å²) in [6.07, 6.45) is 0.375. The maximum absolute atomic E-state index is 10.3. The van der Waals surface area contributed by atoms with Gasteiger partial charge in [-0.2, -0.15) is 5.26 Å². The van der Waals surface area contributed by atoms with E-state index in [2.05, 4.69) is 5.32 Å². The first-order valence-corrected chi connectivity index (χ1v) is 2.81. The molecule has 9 heavy (non-hydrogen) atoms. The molecule has 3 nitrogen and oxygen atoms in total. The number of nitrogens with zero attached hydrogens (tertiary/aromatic N) is 1. The molecular weight excluding hydrogens is 116 g/mol. The van der Waals surface area contributed by atoms with E-state index in [1.54, 1.807) is 6.92 Å². The van der Waals surface area contributed by atoms with Gasteiger partial charge in [0.1, 0.15) is 0 Å². The van der Waals surface area contributed by atoms with E-state index >= 15 is 0 Å². The molecule has 0 rings (SSSR count). The predicted octanol–water partition coefficient (Wildman–Crippen LogP) is 0.425.